The van der Waals surface area contributed by atoms with Gasteiger partial charge in [-0.15, -0.1) is 22.9 Å². The van der Waals surface area contributed by atoms with Crippen LogP contribution >= 0.6 is 22.9 Å². The Balaban J connectivity index is 1.37. The molecule has 130 valence electrons. The number of aromatic nitrogens is 2. The van der Waals surface area contributed by atoms with E-state index < -0.39 is 0 Å². The topological polar surface area (TPSA) is 54.9 Å². The van der Waals surface area contributed by atoms with Gasteiger partial charge in [0.15, 0.2) is 5.13 Å². The third-order valence-corrected chi connectivity index (χ3v) is 7.32. The Morgan fingerprint density at radius 2 is 2.00 bits per heavy atom. The SMILES string of the molecule is O=C(Nc1nc(-c2ccccn2)cs1)C12CC3CC(CC(Cl)(C3)C1)C2. The van der Waals surface area contributed by atoms with E-state index in [-0.39, 0.29) is 16.2 Å². The maximum atomic E-state index is 13.1. The summed E-state index contributed by atoms with van der Waals surface area (Å²) in [5, 5.41) is 5.69. The summed E-state index contributed by atoms with van der Waals surface area (Å²) in [5.41, 5.74) is 1.34. The average Bonchev–Trinajstić information content (AvgIpc) is 3.02. The Morgan fingerprint density at radius 1 is 1.20 bits per heavy atom. The van der Waals surface area contributed by atoms with E-state index in [1.165, 1.54) is 17.8 Å². The molecule has 6 heteroatoms. The van der Waals surface area contributed by atoms with Crippen molar-refractivity contribution in [2.45, 2.75) is 43.4 Å². The second-order valence-corrected chi connectivity index (χ2v) is 9.76. The molecule has 0 saturated heterocycles. The smallest absolute Gasteiger partial charge is 0.232 e. The second-order valence-electron chi connectivity index (χ2n) is 8.10. The van der Waals surface area contributed by atoms with Crippen molar-refractivity contribution in [1.29, 1.82) is 0 Å². The van der Waals surface area contributed by atoms with Crippen molar-refractivity contribution < 1.29 is 4.79 Å². The zero-order valence-electron chi connectivity index (χ0n) is 13.9. The molecule has 0 aliphatic heterocycles. The van der Waals surface area contributed by atoms with Gasteiger partial charge >= 0.3 is 0 Å². The van der Waals surface area contributed by atoms with Gasteiger partial charge in [0.25, 0.3) is 0 Å². The molecule has 4 nitrogen and oxygen atoms in total. The van der Waals surface area contributed by atoms with Crippen LogP contribution < -0.4 is 5.32 Å². The number of hydrogen-bond acceptors (Lipinski definition) is 4. The minimum atomic E-state index is -0.289. The monoisotopic (exact) mass is 373 g/mol. The minimum Gasteiger partial charge on any atom is -0.301 e. The molecule has 1 amide bonds. The molecule has 6 rings (SSSR count). The lowest BCUT2D eigenvalue weighted by atomic mass is 9.49. The first-order chi connectivity index (χ1) is 12.0. The summed E-state index contributed by atoms with van der Waals surface area (Å²) in [4.78, 5) is 21.9. The van der Waals surface area contributed by atoms with Crippen LogP contribution in [0, 0.1) is 17.3 Å². The van der Waals surface area contributed by atoms with Gasteiger partial charge in [-0.1, -0.05) is 6.07 Å². The van der Waals surface area contributed by atoms with E-state index >= 15 is 0 Å². The highest BCUT2D eigenvalue weighted by atomic mass is 35.5. The highest BCUT2D eigenvalue weighted by molar-refractivity contribution is 7.14. The van der Waals surface area contributed by atoms with Crippen molar-refractivity contribution >= 4 is 34.0 Å². The van der Waals surface area contributed by atoms with E-state index in [1.54, 1.807) is 6.20 Å². The van der Waals surface area contributed by atoms with E-state index in [9.17, 15) is 4.79 Å². The van der Waals surface area contributed by atoms with Crippen LogP contribution in [0.15, 0.2) is 29.8 Å². The lowest BCUT2D eigenvalue weighted by Crippen LogP contribution is -2.57. The number of nitrogens with one attached hydrogen (secondary N) is 1. The molecule has 1 N–H and O–H groups in total. The van der Waals surface area contributed by atoms with Crippen LogP contribution in [0.25, 0.3) is 11.4 Å². The van der Waals surface area contributed by atoms with Crippen LogP contribution in [-0.4, -0.2) is 20.7 Å². The number of halogens is 1. The van der Waals surface area contributed by atoms with Gasteiger partial charge in [0.1, 0.15) is 5.69 Å². The molecule has 4 saturated carbocycles. The predicted molar refractivity (Wildman–Crippen MR) is 99.7 cm³/mol. The second kappa shape index (κ2) is 5.52. The molecule has 2 atom stereocenters. The van der Waals surface area contributed by atoms with E-state index in [2.05, 4.69) is 15.3 Å². The molecule has 25 heavy (non-hydrogen) atoms. The van der Waals surface area contributed by atoms with Crippen LogP contribution in [0.1, 0.15) is 38.5 Å². The molecule has 2 aromatic heterocycles. The molecule has 0 aromatic carbocycles. The highest BCUT2D eigenvalue weighted by Crippen LogP contribution is 2.64. The van der Waals surface area contributed by atoms with Crippen molar-refractivity contribution in [1.82, 2.24) is 9.97 Å². The summed E-state index contributed by atoms with van der Waals surface area (Å²) in [7, 11) is 0. The number of pyridine rings is 1. The number of alkyl halides is 1. The maximum Gasteiger partial charge on any atom is 0.232 e. The van der Waals surface area contributed by atoms with Crippen molar-refractivity contribution in [3.05, 3.63) is 29.8 Å². The van der Waals surface area contributed by atoms with Gasteiger partial charge in [0.2, 0.25) is 5.91 Å². The minimum absolute atomic E-state index is 0.119. The molecule has 4 fully saturated rings. The number of anilines is 1. The van der Waals surface area contributed by atoms with Gasteiger partial charge in [0.05, 0.1) is 11.1 Å². The molecule has 4 aliphatic rings. The first-order valence-corrected chi connectivity index (χ1v) is 10.2. The molecular formula is C19H20ClN3OS. The fourth-order valence-electron chi connectivity index (χ4n) is 5.61. The van der Waals surface area contributed by atoms with Crippen molar-refractivity contribution in [2.24, 2.45) is 17.3 Å². The zero-order valence-corrected chi connectivity index (χ0v) is 15.4. The van der Waals surface area contributed by atoms with Crippen molar-refractivity contribution in [3.63, 3.8) is 0 Å². The third-order valence-electron chi connectivity index (χ3n) is 6.12. The fraction of sp³-hybridized carbons (Fsp3) is 0.526. The largest absolute Gasteiger partial charge is 0.301 e. The highest BCUT2D eigenvalue weighted by Gasteiger charge is 2.60. The first kappa shape index (κ1) is 15.8. The van der Waals surface area contributed by atoms with Crippen molar-refractivity contribution in [3.8, 4) is 11.4 Å². The summed E-state index contributed by atoms with van der Waals surface area (Å²) in [6.45, 7) is 0. The van der Waals surface area contributed by atoms with E-state index in [0.29, 0.717) is 17.0 Å². The number of hydrogen-bond donors (Lipinski definition) is 1. The summed E-state index contributed by atoms with van der Waals surface area (Å²) in [5.74, 6) is 1.35. The predicted octanol–water partition coefficient (Wildman–Crippen LogP) is 4.72. The lowest BCUT2D eigenvalue weighted by molar-refractivity contribution is -0.138. The van der Waals surface area contributed by atoms with Gasteiger partial charge in [0, 0.05) is 16.5 Å². The Bertz CT molecular complexity index is 807. The maximum absolute atomic E-state index is 13.1. The van der Waals surface area contributed by atoms with Crippen molar-refractivity contribution in [2.75, 3.05) is 5.32 Å². The number of carbonyl (C=O) groups is 1. The number of nitrogens with zero attached hydrogens (tertiary/aromatic N) is 2. The lowest BCUT2D eigenvalue weighted by Gasteiger charge is -2.59. The normalized spacial score (nSPS) is 35.7. The summed E-state index contributed by atoms with van der Waals surface area (Å²) in [6, 6.07) is 5.75. The van der Waals surface area contributed by atoms with Gasteiger partial charge in [-0.05, 0) is 62.5 Å². The Labute approximate surface area is 156 Å². The van der Waals surface area contributed by atoms with E-state index in [1.807, 2.05) is 23.6 Å². The number of thiazole rings is 1. The van der Waals surface area contributed by atoms with Crippen LogP contribution in [0.5, 0.6) is 0 Å². The standard InChI is InChI=1S/C19H20ClN3OS/c20-19-8-12-5-13(9-19)7-18(6-12,11-19)16(24)23-17-22-15(10-25-17)14-3-1-2-4-21-14/h1-4,10,12-13H,5-9,11H2,(H,22,23,24). The molecular weight excluding hydrogens is 354 g/mol. The molecule has 0 spiro atoms. The van der Waals surface area contributed by atoms with Crippen LogP contribution in [-0.2, 0) is 4.79 Å². The fourth-order valence-corrected chi connectivity index (χ4v) is 7.00. The molecule has 2 aromatic rings. The van der Waals surface area contributed by atoms with Crippen LogP contribution in [0.2, 0.25) is 0 Å². The molecule has 2 heterocycles. The number of amides is 1. The summed E-state index contributed by atoms with van der Waals surface area (Å²) in [6.07, 6.45) is 7.97. The third kappa shape index (κ3) is 2.68. The molecule has 4 bridgehead atoms. The average molecular weight is 374 g/mol. The molecule has 2 unspecified atom stereocenters. The van der Waals surface area contributed by atoms with Crippen LogP contribution in [0.4, 0.5) is 5.13 Å². The van der Waals surface area contributed by atoms with Gasteiger partial charge in [-0.2, -0.15) is 0 Å². The Morgan fingerprint density at radius 3 is 2.68 bits per heavy atom. The Hall–Kier alpha value is -1.46. The van der Waals surface area contributed by atoms with Gasteiger partial charge < -0.3 is 5.32 Å². The van der Waals surface area contributed by atoms with Gasteiger partial charge in [-0.25, -0.2) is 4.98 Å². The Kier molecular flexibility index (Phi) is 3.48. The summed E-state index contributed by atoms with van der Waals surface area (Å²) < 4.78 is 0. The molecule has 4 aliphatic carbocycles. The number of rotatable bonds is 3. The van der Waals surface area contributed by atoms with Crippen LogP contribution in [0.3, 0.4) is 0 Å². The first-order valence-electron chi connectivity index (χ1n) is 8.91. The van der Waals surface area contributed by atoms with E-state index in [0.717, 1.165) is 43.5 Å². The van der Waals surface area contributed by atoms with E-state index in [4.69, 9.17) is 11.6 Å². The zero-order chi connectivity index (χ0) is 17.1. The quantitative estimate of drug-likeness (QED) is 0.792. The van der Waals surface area contributed by atoms with Gasteiger partial charge in [-0.3, -0.25) is 9.78 Å². The summed E-state index contributed by atoms with van der Waals surface area (Å²) >= 11 is 8.31. The number of carbonyl (C=O) groups excluding carboxylic acids is 1. The molecule has 0 radical (unpaired) electrons.